The Morgan fingerprint density at radius 3 is 2.58 bits per heavy atom. The third-order valence-corrected chi connectivity index (χ3v) is 2.85. The Kier molecular flexibility index (Phi) is 5.36. The molecule has 0 saturated heterocycles. The van der Waals surface area contributed by atoms with Gasteiger partial charge in [-0.2, -0.15) is 0 Å². The summed E-state index contributed by atoms with van der Waals surface area (Å²) < 4.78 is 5.31. The predicted octanol–water partition coefficient (Wildman–Crippen LogP) is 1.56. The van der Waals surface area contributed by atoms with Crippen molar-refractivity contribution >= 4 is 11.9 Å². The van der Waals surface area contributed by atoms with E-state index in [2.05, 4.69) is 19.2 Å². The van der Waals surface area contributed by atoms with Gasteiger partial charge < -0.3 is 15.2 Å². The molecule has 0 aromatic heterocycles. The van der Waals surface area contributed by atoms with Crippen LogP contribution in [0, 0.1) is 0 Å². The average molecular weight is 265 g/mol. The van der Waals surface area contributed by atoms with Crippen molar-refractivity contribution in [3.63, 3.8) is 0 Å². The van der Waals surface area contributed by atoms with Crippen molar-refractivity contribution in [1.82, 2.24) is 5.32 Å². The van der Waals surface area contributed by atoms with Crippen LogP contribution < -0.4 is 10.1 Å². The van der Waals surface area contributed by atoms with E-state index in [0.29, 0.717) is 12.3 Å². The van der Waals surface area contributed by atoms with Gasteiger partial charge >= 0.3 is 11.9 Å². The number of amides is 1. The second-order valence-electron chi connectivity index (χ2n) is 4.54. The molecule has 0 spiro atoms. The molecule has 0 unspecified atom stereocenters. The van der Waals surface area contributed by atoms with Gasteiger partial charge in [0.2, 0.25) is 0 Å². The molecule has 0 saturated carbocycles. The fourth-order valence-electron chi connectivity index (χ4n) is 1.71. The molecule has 0 atom stereocenters. The highest BCUT2D eigenvalue weighted by molar-refractivity contribution is 6.31. The molecule has 1 rings (SSSR count). The van der Waals surface area contributed by atoms with Gasteiger partial charge in [0.1, 0.15) is 5.75 Å². The van der Waals surface area contributed by atoms with Crippen LogP contribution in [0.5, 0.6) is 5.75 Å². The van der Waals surface area contributed by atoms with Crippen molar-refractivity contribution in [2.45, 2.75) is 26.2 Å². The van der Waals surface area contributed by atoms with Crippen LogP contribution in [0.4, 0.5) is 0 Å². The molecule has 0 aliphatic heterocycles. The van der Waals surface area contributed by atoms with Gasteiger partial charge in [0.25, 0.3) is 0 Å². The van der Waals surface area contributed by atoms with E-state index < -0.39 is 11.9 Å². The van der Waals surface area contributed by atoms with Crippen LogP contribution in [-0.4, -0.2) is 30.6 Å². The van der Waals surface area contributed by atoms with Crippen molar-refractivity contribution in [1.29, 1.82) is 0 Å². The van der Waals surface area contributed by atoms with Gasteiger partial charge in [-0.15, -0.1) is 0 Å². The SMILES string of the molecule is COc1cc(C(C)C)ccc1CCNC(=O)C(=O)O. The van der Waals surface area contributed by atoms with E-state index in [0.717, 1.165) is 11.3 Å². The summed E-state index contributed by atoms with van der Waals surface area (Å²) in [5.41, 5.74) is 2.12. The lowest BCUT2D eigenvalue weighted by molar-refractivity contribution is -0.150. The zero-order valence-electron chi connectivity index (χ0n) is 11.4. The van der Waals surface area contributed by atoms with Gasteiger partial charge in [-0.25, -0.2) is 4.79 Å². The van der Waals surface area contributed by atoms with E-state index in [4.69, 9.17) is 9.84 Å². The standard InChI is InChI=1S/C14H19NO4/c1-9(2)11-5-4-10(12(8-11)19-3)6-7-15-13(16)14(17)18/h4-5,8-9H,6-7H2,1-3H3,(H,15,16)(H,17,18). The van der Waals surface area contributed by atoms with E-state index in [9.17, 15) is 9.59 Å². The van der Waals surface area contributed by atoms with Crippen LogP contribution >= 0.6 is 0 Å². The molecule has 0 radical (unpaired) electrons. The van der Waals surface area contributed by atoms with E-state index >= 15 is 0 Å². The molecule has 0 bridgehead atoms. The molecule has 0 aliphatic carbocycles. The van der Waals surface area contributed by atoms with Gasteiger partial charge in [0, 0.05) is 6.54 Å². The Labute approximate surface area is 112 Å². The molecule has 0 fully saturated rings. The van der Waals surface area contributed by atoms with Gasteiger partial charge in [0.15, 0.2) is 0 Å². The lowest BCUT2D eigenvalue weighted by atomic mass is 10.00. The fraction of sp³-hybridized carbons (Fsp3) is 0.429. The summed E-state index contributed by atoms with van der Waals surface area (Å²) in [6.45, 7) is 4.46. The van der Waals surface area contributed by atoms with E-state index in [1.54, 1.807) is 7.11 Å². The van der Waals surface area contributed by atoms with E-state index in [1.165, 1.54) is 5.56 Å². The van der Waals surface area contributed by atoms with Crippen LogP contribution in [0.2, 0.25) is 0 Å². The Hall–Kier alpha value is -2.04. The molecule has 5 heteroatoms. The number of carboxylic acids is 1. The smallest absolute Gasteiger partial charge is 0.394 e. The monoisotopic (exact) mass is 265 g/mol. The number of hydrogen-bond donors (Lipinski definition) is 2. The van der Waals surface area contributed by atoms with Crippen LogP contribution in [0.3, 0.4) is 0 Å². The molecular formula is C14H19NO4. The number of rotatable bonds is 5. The van der Waals surface area contributed by atoms with Crippen LogP contribution in [-0.2, 0) is 16.0 Å². The average Bonchev–Trinajstić information content (AvgIpc) is 2.38. The fourth-order valence-corrected chi connectivity index (χ4v) is 1.71. The molecule has 1 amide bonds. The molecule has 104 valence electrons. The van der Waals surface area contributed by atoms with Crippen molar-refractivity contribution < 1.29 is 19.4 Å². The normalized spacial score (nSPS) is 10.3. The zero-order chi connectivity index (χ0) is 14.4. The number of nitrogens with one attached hydrogen (secondary N) is 1. The number of aliphatic carboxylic acids is 1. The lowest BCUT2D eigenvalue weighted by Crippen LogP contribution is -2.32. The molecular weight excluding hydrogens is 246 g/mol. The molecule has 5 nitrogen and oxygen atoms in total. The highest BCUT2D eigenvalue weighted by atomic mass is 16.5. The maximum Gasteiger partial charge on any atom is 0.394 e. The summed E-state index contributed by atoms with van der Waals surface area (Å²) in [6, 6.07) is 5.93. The third-order valence-electron chi connectivity index (χ3n) is 2.85. The summed E-state index contributed by atoms with van der Waals surface area (Å²) in [7, 11) is 1.60. The maximum absolute atomic E-state index is 10.9. The van der Waals surface area contributed by atoms with Crippen molar-refractivity contribution in [2.24, 2.45) is 0 Å². The molecule has 2 N–H and O–H groups in total. The first-order valence-corrected chi connectivity index (χ1v) is 6.13. The summed E-state index contributed by atoms with van der Waals surface area (Å²) in [4.78, 5) is 21.2. The Balaban J connectivity index is 2.68. The first kappa shape index (κ1) is 15.0. The number of ether oxygens (including phenoxy) is 1. The van der Waals surface area contributed by atoms with Gasteiger partial charge in [0.05, 0.1) is 7.11 Å². The highest BCUT2D eigenvalue weighted by Gasteiger charge is 2.11. The number of hydrogen-bond acceptors (Lipinski definition) is 3. The lowest BCUT2D eigenvalue weighted by Gasteiger charge is -2.12. The minimum atomic E-state index is -1.47. The van der Waals surface area contributed by atoms with Crippen molar-refractivity contribution in [2.75, 3.05) is 13.7 Å². The molecule has 0 heterocycles. The largest absolute Gasteiger partial charge is 0.496 e. The Morgan fingerprint density at radius 2 is 2.05 bits per heavy atom. The van der Waals surface area contributed by atoms with Gasteiger partial charge in [-0.1, -0.05) is 26.0 Å². The minimum absolute atomic E-state index is 0.266. The van der Waals surface area contributed by atoms with Gasteiger partial charge in [-0.3, -0.25) is 4.79 Å². The first-order chi connectivity index (χ1) is 8.95. The first-order valence-electron chi connectivity index (χ1n) is 6.13. The molecule has 19 heavy (non-hydrogen) atoms. The quantitative estimate of drug-likeness (QED) is 0.792. The summed E-state index contributed by atoms with van der Waals surface area (Å²) in [5.74, 6) is -1.29. The minimum Gasteiger partial charge on any atom is -0.496 e. The summed E-state index contributed by atoms with van der Waals surface area (Å²) in [6.07, 6.45) is 0.528. The number of methoxy groups -OCH3 is 1. The highest BCUT2D eigenvalue weighted by Crippen LogP contribution is 2.24. The second-order valence-corrected chi connectivity index (χ2v) is 4.54. The topological polar surface area (TPSA) is 75.6 Å². The van der Waals surface area contributed by atoms with Crippen LogP contribution in [0.1, 0.15) is 30.9 Å². The number of benzene rings is 1. The predicted molar refractivity (Wildman–Crippen MR) is 71.4 cm³/mol. The third kappa shape index (κ3) is 4.28. The number of carboxylic acid groups (broad SMARTS) is 1. The second kappa shape index (κ2) is 6.78. The Morgan fingerprint density at radius 1 is 1.37 bits per heavy atom. The van der Waals surface area contributed by atoms with Crippen LogP contribution in [0.25, 0.3) is 0 Å². The van der Waals surface area contributed by atoms with E-state index in [-0.39, 0.29) is 6.54 Å². The van der Waals surface area contributed by atoms with Crippen molar-refractivity contribution in [3.8, 4) is 5.75 Å². The molecule has 1 aromatic rings. The Bertz CT molecular complexity index is 469. The van der Waals surface area contributed by atoms with E-state index in [1.807, 2.05) is 18.2 Å². The zero-order valence-corrected chi connectivity index (χ0v) is 11.4. The van der Waals surface area contributed by atoms with Crippen LogP contribution in [0.15, 0.2) is 18.2 Å². The summed E-state index contributed by atoms with van der Waals surface area (Å²) in [5, 5.41) is 10.8. The molecule has 1 aromatic carbocycles. The summed E-state index contributed by atoms with van der Waals surface area (Å²) >= 11 is 0. The number of carbonyl (C=O) groups is 2. The number of carbonyl (C=O) groups excluding carboxylic acids is 1. The van der Waals surface area contributed by atoms with Gasteiger partial charge in [-0.05, 0) is 29.5 Å². The molecule has 0 aliphatic rings. The van der Waals surface area contributed by atoms with Crippen molar-refractivity contribution in [3.05, 3.63) is 29.3 Å². The maximum atomic E-state index is 10.9.